The number of nitrogens with one attached hydrogen (secondary N) is 1. The van der Waals surface area contributed by atoms with Gasteiger partial charge in [0.2, 0.25) is 0 Å². The maximum atomic E-state index is 3.80. The van der Waals surface area contributed by atoms with Crippen molar-refractivity contribution in [2.75, 3.05) is 6.54 Å². The van der Waals surface area contributed by atoms with Crippen molar-refractivity contribution in [3.63, 3.8) is 0 Å². The van der Waals surface area contributed by atoms with E-state index in [0.29, 0.717) is 6.04 Å². The molecule has 112 valence electrons. The molecule has 2 aliphatic rings. The molecule has 0 radical (unpaired) electrons. The maximum Gasteiger partial charge on any atom is 0.0386 e. The van der Waals surface area contributed by atoms with E-state index in [1.807, 2.05) is 0 Å². The van der Waals surface area contributed by atoms with E-state index in [1.54, 1.807) is 15.3 Å². The Morgan fingerprint density at radius 3 is 2.70 bits per heavy atom. The normalized spacial score (nSPS) is 28.1. The summed E-state index contributed by atoms with van der Waals surface area (Å²) in [6, 6.07) is 3.03. The van der Waals surface area contributed by atoms with Crippen molar-refractivity contribution < 1.29 is 0 Å². The SMILES string of the molecule is CC1CCC(CNC(C)c2cc3c(s2)CCCC3)CC1. The first-order chi connectivity index (χ1) is 9.72. The predicted octanol–water partition coefficient (Wildman–Crippen LogP) is 5.10. The van der Waals surface area contributed by atoms with Gasteiger partial charge in [-0.1, -0.05) is 19.8 Å². The quantitative estimate of drug-likeness (QED) is 0.813. The number of hydrogen-bond donors (Lipinski definition) is 1. The van der Waals surface area contributed by atoms with Crippen LogP contribution in [0.15, 0.2) is 6.07 Å². The number of hydrogen-bond acceptors (Lipinski definition) is 2. The third-order valence-corrected chi connectivity index (χ3v) is 6.71. The fraction of sp³-hybridized carbons (Fsp3) is 0.778. The first kappa shape index (κ1) is 14.6. The molecule has 0 saturated heterocycles. The van der Waals surface area contributed by atoms with E-state index in [0.717, 1.165) is 11.8 Å². The van der Waals surface area contributed by atoms with Crippen molar-refractivity contribution in [3.8, 4) is 0 Å². The number of fused-ring (bicyclic) bond motifs is 1. The zero-order chi connectivity index (χ0) is 13.9. The van der Waals surface area contributed by atoms with Gasteiger partial charge in [-0.25, -0.2) is 0 Å². The summed E-state index contributed by atoms with van der Waals surface area (Å²) in [5.74, 6) is 1.89. The molecule has 0 aromatic carbocycles. The summed E-state index contributed by atoms with van der Waals surface area (Å²) in [6.07, 6.45) is 11.2. The zero-order valence-corrected chi connectivity index (χ0v) is 13.9. The van der Waals surface area contributed by atoms with Crippen molar-refractivity contribution in [1.82, 2.24) is 5.32 Å². The van der Waals surface area contributed by atoms with Gasteiger partial charge in [-0.3, -0.25) is 0 Å². The molecule has 2 aliphatic carbocycles. The van der Waals surface area contributed by atoms with Crippen molar-refractivity contribution in [1.29, 1.82) is 0 Å². The largest absolute Gasteiger partial charge is 0.309 e. The third kappa shape index (κ3) is 3.46. The van der Waals surface area contributed by atoms with Crippen molar-refractivity contribution >= 4 is 11.3 Å². The van der Waals surface area contributed by atoms with Crippen LogP contribution in [-0.4, -0.2) is 6.54 Å². The van der Waals surface area contributed by atoms with Gasteiger partial charge in [0.05, 0.1) is 0 Å². The van der Waals surface area contributed by atoms with Crippen LogP contribution in [0.3, 0.4) is 0 Å². The van der Waals surface area contributed by atoms with Gasteiger partial charge in [-0.05, 0) is 75.5 Å². The van der Waals surface area contributed by atoms with E-state index in [-0.39, 0.29) is 0 Å². The molecule has 0 amide bonds. The molecular formula is C18H29NS. The van der Waals surface area contributed by atoms with Crippen LogP contribution >= 0.6 is 11.3 Å². The van der Waals surface area contributed by atoms with E-state index >= 15 is 0 Å². The molecule has 1 N–H and O–H groups in total. The highest BCUT2D eigenvalue weighted by Crippen LogP contribution is 2.33. The van der Waals surface area contributed by atoms with E-state index in [9.17, 15) is 0 Å². The fourth-order valence-corrected chi connectivity index (χ4v) is 4.99. The van der Waals surface area contributed by atoms with E-state index in [2.05, 4.69) is 36.6 Å². The molecule has 1 aromatic heterocycles. The van der Waals surface area contributed by atoms with Crippen LogP contribution in [0.5, 0.6) is 0 Å². The molecule has 1 atom stereocenters. The standard InChI is InChI=1S/C18H29NS/c1-13-7-9-15(10-8-13)12-19-14(2)18-11-16-5-3-4-6-17(16)20-18/h11,13-15,19H,3-10,12H2,1-2H3. The minimum Gasteiger partial charge on any atom is -0.309 e. The van der Waals surface area contributed by atoms with Crippen LogP contribution < -0.4 is 5.32 Å². The Bertz CT molecular complexity index is 405. The topological polar surface area (TPSA) is 12.0 Å². The van der Waals surface area contributed by atoms with Gasteiger partial charge in [-0.2, -0.15) is 0 Å². The molecule has 0 aliphatic heterocycles. The molecule has 2 heteroatoms. The Morgan fingerprint density at radius 2 is 1.95 bits per heavy atom. The summed E-state index contributed by atoms with van der Waals surface area (Å²) in [6.45, 7) is 5.97. The summed E-state index contributed by atoms with van der Waals surface area (Å²) in [4.78, 5) is 3.24. The lowest BCUT2D eigenvalue weighted by Gasteiger charge is -2.27. The highest BCUT2D eigenvalue weighted by atomic mass is 32.1. The average Bonchev–Trinajstić information content (AvgIpc) is 2.90. The number of rotatable bonds is 4. The van der Waals surface area contributed by atoms with Crippen LogP contribution in [0.25, 0.3) is 0 Å². The molecule has 1 nitrogen and oxygen atoms in total. The Morgan fingerprint density at radius 1 is 1.20 bits per heavy atom. The lowest BCUT2D eigenvalue weighted by atomic mass is 9.83. The predicted molar refractivity (Wildman–Crippen MR) is 88.5 cm³/mol. The van der Waals surface area contributed by atoms with E-state index in [4.69, 9.17) is 0 Å². The highest BCUT2D eigenvalue weighted by molar-refractivity contribution is 7.12. The molecule has 1 aromatic rings. The summed E-state index contributed by atoms with van der Waals surface area (Å²) in [5.41, 5.74) is 1.65. The van der Waals surface area contributed by atoms with Crippen LogP contribution in [0.2, 0.25) is 0 Å². The summed E-state index contributed by atoms with van der Waals surface area (Å²) >= 11 is 2.07. The highest BCUT2D eigenvalue weighted by Gasteiger charge is 2.20. The van der Waals surface area contributed by atoms with Crippen molar-refractivity contribution in [2.45, 2.75) is 71.3 Å². The van der Waals surface area contributed by atoms with Crippen LogP contribution in [-0.2, 0) is 12.8 Å². The Labute approximate surface area is 128 Å². The second-order valence-corrected chi connectivity index (χ2v) is 8.23. The second kappa shape index (κ2) is 6.62. The van der Waals surface area contributed by atoms with Gasteiger partial charge >= 0.3 is 0 Å². The first-order valence-electron chi connectivity index (χ1n) is 8.57. The van der Waals surface area contributed by atoms with Gasteiger partial charge in [0, 0.05) is 15.8 Å². The molecule has 1 saturated carbocycles. The Balaban J connectivity index is 1.51. The number of thiophene rings is 1. The van der Waals surface area contributed by atoms with Gasteiger partial charge < -0.3 is 5.32 Å². The van der Waals surface area contributed by atoms with Gasteiger partial charge in [0.25, 0.3) is 0 Å². The van der Waals surface area contributed by atoms with Crippen LogP contribution in [0.1, 0.15) is 73.7 Å². The molecule has 0 spiro atoms. The molecule has 3 rings (SSSR count). The van der Waals surface area contributed by atoms with Gasteiger partial charge in [0.1, 0.15) is 0 Å². The monoisotopic (exact) mass is 291 g/mol. The lowest BCUT2D eigenvalue weighted by Crippen LogP contribution is -2.27. The third-order valence-electron chi connectivity index (χ3n) is 5.29. The summed E-state index contributed by atoms with van der Waals surface area (Å²) in [7, 11) is 0. The summed E-state index contributed by atoms with van der Waals surface area (Å²) < 4.78 is 0. The molecule has 0 bridgehead atoms. The maximum absolute atomic E-state index is 3.80. The van der Waals surface area contributed by atoms with E-state index in [1.165, 1.54) is 57.9 Å². The van der Waals surface area contributed by atoms with Crippen molar-refractivity contribution in [2.24, 2.45) is 11.8 Å². The molecular weight excluding hydrogens is 262 g/mol. The Kier molecular flexibility index (Phi) is 4.83. The summed E-state index contributed by atoms with van der Waals surface area (Å²) in [5, 5.41) is 3.80. The Hall–Kier alpha value is -0.340. The average molecular weight is 292 g/mol. The molecule has 1 heterocycles. The van der Waals surface area contributed by atoms with Gasteiger partial charge in [0.15, 0.2) is 0 Å². The zero-order valence-electron chi connectivity index (χ0n) is 13.1. The second-order valence-electron chi connectivity index (χ2n) is 7.06. The molecule has 1 unspecified atom stereocenters. The van der Waals surface area contributed by atoms with Gasteiger partial charge in [-0.15, -0.1) is 11.3 Å². The van der Waals surface area contributed by atoms with E-state index < -0.39 is 0 Å². The fourth-order valence-electron chi connectivity index (χ4n) is 3.70. The van der Waals surface area contributed by atoms with Crippen molar-refractivity contribution in [3.05, 3.63) is 21.4 Å². The van der Waals surface area contributed by atoms with Crippen LogP contribution in [0, 0.1) is 11.8 Å². The van der Waals surface area contributed by atoms with Crippen LogP contribution in [0.4, 0.5) is 0 Å². The minimum atomic E-state index is 0.546. The first-order valence-corrected chi connectivity index (χ1v) is 9.39. The molecule has 1 fully saturated rings. The lowest BCUT2D eigenvalue weighted by molar-refractivity contribution is 0.276. The minimum absolute atomic E-state index is 0.546. The molecule has 20 heavy (non-hydrogen) atoms. The number of aryl methyl sites for hydroxylation is 2. The smallest absolute Gasteiger partial charge is 0.0386 e.